The topological polar surface area (TPSA) is 60.2 Å². The lowest BCUT2D eigenvalue weighted by atomic mass is 9.87. The molecule has 102 valence electrons. The van der Waals surface area contributed by atoms with Crippen LogP contribution >= 0.6 is 0 Å². The van der Waals surface area contributed by atoms with Crippen molar-refractivity contribution in [1.82, 2.24) is 0 Å². The van der Waals surface area contributed by atoms with Gasteiger partial charge in [0.2, 0.25) is 0 Å². The highest BCUT2D eigenvalue weighted by Crippen LogP contribution is 2.27. The molecule has 1 rings (SSSR count). The highest BCUT2D eigenvalue weighted by molar-refractivity contribution is 7.91. The van der Waals surface area contributed by atoms with Gasteiger partial charge in [-0.05, 0) is 42.5 Å². The van der Waals surface area contributed by atoms with Crippen LogP contribution in [-0.4, -0.2) is 20.7 Å². The Bertz CT molecular complexity index is 465. The number of benzene rings is 1. The van der Waals surface area contributed by atoms with Gasteiger partial charge in [0.05, 0.1) is 10.6 Å². The van der Waals surface area contributed by atoms with Crippen LogP contribution in [0.5, 0.6) is 0 Å². The molecule has 18 heavy (non-hydrogen) atoms. The van der Waals surface area contributed by atoms with Gasteiger partial charge >= 0.3 is 0 Å². The molecule has 0 aromatic heterocycles. The molecule has 2 N–H and O–H groups in total. The lowest BCUT2D eigenvalue weighted by molar-refractivity contribution is 0.459. The van der Waals surface area contributed by atoms with E-state index in [9.17, 15) is 8.42 Å². The molecule has 2 atom stereocenters. The molecule has 0 saturated carbocycles. The molecule has 0 spiro atoms. The number of sulfone groups is 1. The summed E-state index contributed by atoms with van der Waals surface area (Å²) in [5.74, 6) is 1.04. The highest BCUT2D eigenvalue weighted by atomic mass is 32.2. The molecule has 0 aliphatic heterocycles. The zero-order chi connectivity index (χ0) is 13.8. The van der Waals surface area contributed by atoms with E-state index in [1.165, 1.54) is 5.56 Å². The predicted octanol–water partition coefficient (Wildman–Crippen LogP) is 2.57. The van der Waals surface area contributed by atoms with E-state index < -0.39 is 9.84 Å². The summed E-state index contributed by atoms with van der Waals surface area (Å²) in [4.78, 5) is 0.410. The van der Waals surface area contributed by atoms with Crippen LogP contribution in [0.15, 0.2) is 29.2 Å². The minimum atomic E-state index is -3.09. The Kier molecular flexibility index (Phi) is 5.35. The average molecular weight is 269 g/mol. The van der Waals surface area contributed by atoms with Gasteiger partial charge in [0.1, 0.15) is 0 Å². The molecule has 1 aromatic rings. The molecule has 0 aliphatic carbocycles. The van der Waals surface area contributed by atoms with Gasteiger partial charge in [0.25, 0.3) is 0 Å². The van der Waals surface area contributed by atoms with Gasteiger partial charge in [-0.3, -0.25) is 0 Å². The summed E-state index contributed by atoms with van der Waals surface area (Å²) >= 11 is 0. The van der Waals surface area contributed by atoms with Crippen LogP contribution in [0.2, 0.25) is 0 Å². The number of rotatable bonds is 6. The van der Waals surface area contributed by atoms with Crippen LogP contribution < -0.4 is 5.73 Å². The molecule has 0 bridgehead atoms. The first-order chi connectivity index (χ1) is 8.42. The van der Waals surface area contributed by atoms with Crippen LogP contribution in [0.1, 0.15) is 38.7 Å². The monoisotopic (exact) mass is 269 g/mol. The van der Waals surface area contributed by atoms with Crippen molar-refractivity contribution in [3.05, 3.63) is 29.8 Å². The van der Waals surface area contributed by atoms with E-state index in [0.29, 0.717) is 23.3 Å². The minimum Gasteiger partial charge on any atom is -0.330 e. The Hall–Kier alpha value is -0.870. The van der Waals surface area contributed by atoms with Crippen LogP contribution in [0.3, 0.4) is 0 Å². The molecule has 0 heterocycles. The lowest BCUT2D eigenvalue weighted by Crippen LogP contribution is -2.12. The SMILES string of the molecule is CCS(=O)(=O)c1ccc(C(C)C(C)CCN)cc1. The maximum absolute atomic E-state index is 11.7. The Morgan fingerprint density at radius 2 is 1.72 bits per heavy atom. The molecule has 0 aliphatic rings. The maximum atomic E-state index is 11.7. The zero-order valence-electron chi connectivity index (χ0n) is 11.4. The van der Waals surface area contributed by atoms with E-state index in [2.05, 4.69) is 13.8 Å². The van der Waals surface area contributed by atoms with Crippen molar-refractivity contribution in [3.63, 3.8) is 0 Å². The van der Waals surface area contributed by atoms with Gasteiger partial charge in [0.15, 0.2) is 9.84 Å². The van der Waals surface area contributed by atoms with Crippen LogP contribution in [0.25, 0.3) is 0 Å². The third kappa shape index (κ3) is 3.56. The van der Waals surface area contributed by atoms with Crippen LogP contribution in [0, 0.1) is 5.92 Å². The number of hydrogen-bond acceptors (Lipinski definition) is 3. The van der Waals surface area contributed by atoms with Crippen LogP contribution in [0.4, 0.5) is 0 Å². The minimum absolute atomic E-state index is 0.144. The summed E-state index contributed by atoms with van der Waals surface area (Å²) in [6.07, 6.45) is 0.982. The molecule has 3 nitrogen and oxygen atoms in total. The van der Waals surface area contributed by atoms with Gasteiger partial charge in [0, 0.05) is 0 Å². The third-order valence-corrected chi connectivity index (χ3v) is 5.37. The zero-order valence-corrected chi connectivity index (χ0v) is 12.2. The summed E-state index contributed by atoms with van der Waals surface area (Å²) in [6.45, 7) is 6.68. The van der Waals surface area contributed by atoms with E-state index >= 15 is 0 Å². The second-order valence-corrected chi connectivity index (χ2v) is 7.09. The smallest absolute Gasteiger partial charge is 0.178 e. The summed E-state index contributed by atoms with van der Waals surface area (Å²) < 4.78 is 23.4. The largest absolute Gasteiger partial charge is 0.330 e. The molecule has 0 saturated heterocycles. The average Bonchev–Trinajstić information content (AvgIpc) is 2.38. The first-order valence-electron chi connectivity index (χ1n) is 6.45. The van der Waals surface area contributed by atoms with Gasteiger partial charge in [-0.15, -0.1) is 0 Å². The summed E-state index contributed by atoms with van der Waals surface area (Å²) in [7, 11) is -3.09. The van der Waals surface area contributed by atoms with Crippen molar-refractivity contribution in [2.24, 2.45) is 11.7 Å². The van der Waals surface area contributed by atoms with Crippen molar-refractivity contribution in [2.75, 3.05) is 12.3 Å². The Morgan fingerprint density at radius 3 is 2.17 bits per heavy atom. The van der Waals surface area contributed by atoms with Crippen molar-refractivity contribution >= 4 is 9.84 Å². The Balaban J connectivity index is 2.89. The summed E-state index contributed by atoms with van der Waals surface area (Å²) in [6, 6.07) is 7.25. The van der Waals surface area contributed by atoms with Gasteiger partial charge in [-0.25, -0.2) is 8.42 Å². The molecule has 0 fully saturated rings. The molecular weight excluding hydrogens is 246 g/mol. The highest BCUT2D eigenvalue weighted by Gasteiger charge is 2.15. The fraction of sp³-hybridized carbons (Fsp3) is 0.571. The maximum Gasteiger partial charge on any atom is 0.178 e. The van der Waals surface area contributed by atoms with Crippen LogP contribution in [-0.2, 0) is 9.84 Å². The van der Waals surface area contributed by atoms with Gasteiger partial charge in [-0.1, -0.05) is 32.9 Å². The lowest BCUT2D eigenvalue weighted by Gasteiger charge is -2.19. The van der Waals surface area contributed by atoms with Gasteiger partial charge in [-0.2, -0.15) is 0 Å². The summed E-state index contributed by atoms with van der Waals surface area (Å²) in [5.41, 5.74) is 6.74. The second-order valence-electron chi connectivity index (χ2n) is 4.82. The fourth-order valence-electron chi connectivity index (χ4n) is 1.99. The van der Waals surface area contributed by atoms with Crippen molar-refractivity contribution < 1.29 is 8.42 Å². The van der Waals surface area contributed by atoms with E-state index in [1.54, 1.807) is 19.1 Å². The quantitative estimate of drug-likeness (QED) is 0.863. The van der Waals surface area contributed by atoms with E-state index in [4.69, 9.17) is 5.73 Å². The van der Waals surface area contributed by atoms with E-state index in [1.807, 2.05) is 12.1 Å². The first kappa shape index (κ1) is 15.2. The molecule has 2 unspecified atom stereocenters. The van der Waals surface area contributed by atoms with E-state index in [-0.39, 0.29) is 5.75 Å². The fourth-order valence-corrected chi connectivity index (χ4v) is 2.87. The van der Waals surface area contributed by atoms with Crippen molar-refractivity contribution in [3.8, 4) is 0 Å². The second kappa shape index (κ2) is 6.34. The third-order valence-electron chi connectivity index (χ3n) is 3.62. The standard InChI is InChI=1S/C14H23NO2S/c1-4-18(16,17)14-7-5-13(6-8-14)12(3)11(2)9-10-15/h5-8,11-12H,4,9-10,15H2,1-3H3. The Morgan fingerprint density at radius 1 is 1.17 bits per heavy atom. The summed E-state index contributed by atoms with van der Waals surface area (Å²) in [5, 5.41) is 0. The van der Waals surface area contributed by atoms with Crippen molar-refractivity contribution in [2.45, 2.75) is 38.0 Å². The number of hydrogen-bond donors (Lipinski definition) is 1. The molecule has 4 heteroatoms. The molecule has 0 amide bonds. The first-order valence-corrected chi connectivity index (χ1v) is 8.10. The molecule has 1 aromatic carbocycles. The normalized spacial score (nSPS) is 15.3. The number of nitrogens with two attached hydrogens (primary N) is 1. The Labute approximate surface area is 110 Å². The van der Waals surface area contributed by atoms with Crippen molar-refractivity contribution in [1.29, 1.82) is 0 Å². The predicted molar refractivity (Wildman–Crippen MR) is 75.4 cm³/mol. The van der Waals surface area contributed by atoms with E-state index in [0.717, 1.165) is 6.42 Å². The molecule has 0 radical (unpaired) electrons. The van der Waals surface area contributed by atoms with Gasteiger partial charge < -0.3 is 5.73 Å². The molecular formula is C14H23NO2S.